The number of aliphatic hydroxyl groups is 1. The minimum absolute atomic E-state index is 0.0111. The SMILES string of the molecule is Cc1cc(C(N)CCO)ccc1[N+](=O)[O-]. The van der Waals surface area contributed by atoms with Crippen LogP contribution in [0.25, 0.3) is 0 Å². The number of nitrogens with two attached hydrogens (primary N) is 1. The topological polar surface area (TPSA) is 89.4 Å². The molecule has 0 saturated carbocycles. The predicted octanol–water partition coefficient (Wildman–Crippen LogP) is 1.29. The van der Waals surface area contributed by atoms with Crippen molar-refractivity contribution in [1.29, 1.82) is 0 Å². The van der Waals surface area contributed by atoms with E-state index in [4.69, 9.17) is 10.8 Å². The lowest BCUT2D eigenvalue weighted by atomic mass is 10.0. The second-order valence-corrected chi connectivity index (χ2v) is 3.42. The molecule has 5 nitrogen and oxygen atoms in total. The van der Waals surface area contributed by atoms with Crippen molar-refractivity contribution in [3.05, 3.63) is 39.4 Å². The lowest BCUT2D eigenvalue weighted by Gasteiger charge is -2.10. The maximum absolute atomic E-state index is 10.6. The Morgan fingerprint density at radius 1 is 1.60 bits per heavy atom. The predicted molar refractivity (Wildman–Crippen MR) is 56.5 cm³/mol. The van der Waals surface area contributed by atoms with Crippen LogP contribution < -0.4 is 5.73 Å². The van der Waals surface area contributed by atoms with E-state index in [0.29, 0.717) is 12.0 Å². The second-order valence-electron chi connectivity index (χ2n) is 3.42. The second kappa shape index (κ2) is 4.86. The van der Waals surface area contributed by atoms with Gasteiger partial charge in [-0.2, -0.15) is 0 Å². The lowest BCUT2D eigenvalue weighted by Crippen LogP contribution is -2.12. The molecule has 1 aromatic rings. The number of hydrogen-bond donors (Lipinski definition) is 2. The molecule has 0 aliphatic rings. The van der Waals surface area contributed by atoms with Gasteiger partial charge in [-0.15, -0.1) is 0 Å². The number of aliphatic hydroxyl groups excluding tert-OH is 1. The molecular formula is C10H14N2O3. The fraction of sp³-hybridized carbons (Fsp3) is 0.400. The van der Waals surface area contributed by atoms with Gasteiger partial charge in [0.15, 0.2) is 0 Å². The highest BCUT2D eigenvalue weighted by atomic mass is 16.6. The monoisotopic (exact) mass is 210 g/mol. The Balaban J connectivity index is 2.96. The summed E-state index contributed by atoms with van der Waals surface area (Å²) in [5.74, 6) is 0. The molecule has 0 bridgehead atoms. The van der Waals surface area contributed by atoms with E-state index in [9.17, 15) is 10.1 Å². The Morgan fingerprint density at radius 3 is 2.73 bits per heavy atom. The first-order valence-electron chi connectivity index (χ1n) is 4.67. The molecule has 0 amide bonds. The van der Waals surface area contributed by atoms with E-state index in [1.165, 1.54) is 6.07 Å². The molecule has 15 heavy (non-hydrogen) atoms. The van der Waals surface area contributed by atoms with Gasteiger partial charge >= 0.3 is 0 Å². The van der Waals surface area contributed by atoms with Crippen molar-refractivity contribution < 1.29 is 10.0 Å². The number of aryl methyl sites for hydroxylation is 1. The van der Waals surface area contributed by atoms with E-state index in [1.54, 1.807) is 19.1 Å². The molecule has 3 N–H and O–H groups in total. The average Bonchev–Trinajstić information content (AvgIpc) is 2.17. The van der Waals surface area contributed by atoms with Gasteiger partial charge in [0.05, 0.1) is 4.92 Å². The molecule has 1 aromatic carbocycles. The lowest BCUT2D eigenvalue weighted by molar-refractivity contribution is -0.385. The molecule has 0 heterocycles. The summed E-state index contributed by atoms with van der Waals surface area (Å²) in [7, 11) is 0. The van der Waals surface area contributed by atoms with Crippen LogP contribution in [0.1, 0.15) is 23.6 Å². The van der Waals surface area contributed by atoms with Crippen molar-refractivity contribution in [2.75, 3.05) is 6.61 Å². The van der Waals surface area contributed by atoms with Crippen LogP contribution in [0.3, 0.4) is 0 Å². The smallest absolute Gasteiger partial charge is 0.272 e. The molecule has 0 radical (unpaired) electrons. The first-order chi connectivity index (χ1) is 7.06. The fourth-order valence-corrected chi connectivity index (χ4v) is 1.42. The molecule has 0 aliphatic heterocycles. The third-order valence-electron chi connectivity index (χ3n) is 2.29. The van der Waals surface area contributed by atoms with Crippen molar-refractivity contribution in [3.63, 3.8) is 0 Å². The number of nitro benzene ring substituents is 1. The van der Waals surface area contributed by atoms with Gasteiger partial charge in [-0.25, -0.2) is 0 Å². The summed E-state index contributed by atoms with van der Waals surface area (Å²) in [4.78, 5) is 10.1. The molecule has 0 fully saturated rings. The Kier molecular flexibility index (Phi) is 3.76. The normalized spacial score (nSPS) is 12.5. The molecule has 82 valence electrons. The van der Waals surface area contributed by atoms with E-state index in [0.717, 1.165) is 5.56 Å². The van der Waals surface area contributed by atoms with E-state index < -0.39 is 4.92 Å². The van der Waals surface area contributed by atoms with Crippen molar-refractivity contribution in [1.82, 2.24) is 0 Å². The molecule has 0 saturated heterocycles. The number of nitrogens with zero attached hydrogens (tertiary/aromatic N) is 1. The molecule has 1 rings (SSSR count). The number of hydrogen-bond acceptors (Lipinski definition) is 4. The van der Waals surface area contributed by atoms with Crippen LogP contribution >= 0.6 is 0 Å². The van der Waals surface area contributed by atoms with Gasteiger partial charge in [-0.1, -0.05) is 6.07 Å². The quantitative estimate of drug-likeness (QED) is 0.578. The van der Waals surface area contributed by atoms with Crippen LogP contribution in [0, 0.1) is 17.0 Å². The van der Waals surface area contributed by atoms with E-state index >= 15 is 0 Å². The van der Waals surface area contributed by atoms with Crippen LogP contribution in [-0.2, 0) is 0 Å². The first kappa shape index (κ1) is 11.6. The summed E-state index contributed by atoms with van der Waals surface area (Å²) in [6.45, 7) is 1.69. The van der Waals surface area contributed by atoms with Gasteiger partial charge in [-0.05, 0) is 25.0 Å². The number of nitro groups is 1. The highest BCUT2D eigenvalue weighted by Crippen LogP contribution is 2.22. The molecule has 1 atom stereocenters. The van der Waals surface area contributed by atoms with Gasteiger partial charge < -0.3 is 10.8 Å². The fourth-order valence-electron chi connectivity index (χ4n) is 1.42. The van der Waals surface area contributed by atoms with Crippen LogP contribution in [-0.4, -0.2) is 16.6 Å². The summed E-state index contributed by atoms with van der Waals surface area (Å²) < 4.78 is 0. The van der Waals surface area contributed by atoms with Crippen LogP contribution in [0.5, 0.6) is 0 Å². The van der Waals surface area contributed by atoms with Gasteiger partial charge in [0.2, 0.25) is 0 Å². The van der Waals surface area contributed by atoms with Gasteiger partial charge in [0.1, 0.15) is 0 Å². The van der Waals surface area contributed by atoms with Crippen molar-refractivity contribution in [2.24, 2.45) is 5.73 Å². The van der Waals surface area contributed by atoms with Gasteiger partial charge in [0.25, 0.3) is 5.69 Å². The minimum atomic E-state index is -0.420. The molecule has 1 unspecified atom stereocenters. The van der Waals surface area contributed by atoms with Crippen molar-refractivity contribution >= 4 is 5.69 Å². The molecule has 0 aliphatic carbocycles. The molecule has 5 heteroatoms. The van der Waals surface area contributed by atoms with Crippen molar-refractivity contribution in [3.8, 4) is 0 Å². The zero-order valence-electron chi connectivity index (χ0n) is 8.51. The van der Waals surface area contributed by atoms with E-state index in [1.807, 2.05) is 0 Å². The number of rotatable bonds is 4. The molecule has 0 spiro atoms. The van der Waals surface area contributed by atoms with Crippen LogP contribution in [0.15, 0.2) is 18.2 Å². The van der Waals surface area contributed by atoms with Crippen LogP contribution in [0.4, 0.5) is 5.69 Å². The maximum Gasteiger partial charge on any atom is 0.272 e. The largest absolute Gasteiger partial charge is 0.396 e. The van der Waals surface area contributed by atoms with E-state index in [-0.39, 0.29) is 18.3 Å². The zero-order valence-corrected chi connectivity index (χ0v) is 8.51. The summed E-state index contributed by atoms with van der Waals surface area (Å²) in [6, 6.07) is 4.50. The summed E-state index contributed by atoms with van der Waals surface area (Å²) in [5.41, 5.74) is 7.26. The summed E-state index contributed by atoms with van der Waals surface area (Å²) >= 11 is 0. The summed E-state index contributed by atoms with van der Waals surface area (Å²) in [5, 5.41) is 19.3. The highest BCUT2D eigenvalue weighted by Gasteiger charge is 2.12. The van der Waals surface area contributed by atoms with Crippen LogP contribution in [0.2, 0.25) is 0 Å². The Labute approximate surface area is 87.7 Å². The third kappa shape index (κ3) is 2.74. The third-order valence-corrected chi connectivity index (χ3v) is 2.29. The zero-order chi connectivity index (χ0) is 11.4. The maximum atomic E-state index is 10.6. The minimum Gasteiger partial charge on any atom is -0.396 e. The van der Waals surface area contributed by atoms with Gasteiger partial charge in [0, 0.05) is 24.3 Å². The Bertz CT molecular complexity index is 366. The average molecular weight is 210 g/mol. The Morgan fingerprint density at radius 2 is 2.27 bits per heavy atom. The standard InChI is InChI=1S/C10H14N2O3/c1-7-6-8(9(11)4-5-13)2-3-10(7)12(14)15/h2-3,6,9,13H,4-5,11H2,1H3. The first-order valence-corrected chi connectivity index (χ1v) is 4.67. The molecular weight excluding hydrogens is 196 g/mol. The highest BCUT2D eigenvalue weighted by molar-refractivity contribution is 5.42. The van der Waals surface area contributed by atoms with Gasteiger partial charge in [-0.3, -0.25) is 10.1 Å². The number of benzene rings is 1. The summed E-state index contributed by atoms with van der Waals surface area (Å²) in [6.07, 6.45) is 0.456. The van der Waals surface area contributed by atoms with Crippen molar-refractivity contribution in [2.45, 2.75) is 19.4 Å². The Hall–Kier alpha value is -1.46. The molecule has 0 aromatic heterocycles. The van der Waals surface area contributed by atoms with E-state index in [2.05, 4.69) is 0 Å².